The minimum absolute atomic E-state index is 0.0486. The highest BCUT2D eigenvalue weighted by molar-refractivity contribution is 7.92. The van der Waals surface area contributed by atoms with Crippen molar-refractivity contribution in [3.63, 3.8) is 0 Å². The molecule has 1 unspecified atom stereocenters. The predicted molar refractivity (Wildman–Crippen MR) is 130 cm³/mol. The summed E-state index contributed by atoms with van der Waals surface area (Å²) in [5, 5.41) is 13.2. The summed E-state index contributed by atoms with van der Waals surface area (Å²) in [4.78, 5) is 33.2. The molecular weight excluding hydrogens is 486 g/mol. The number of ether oxygens (including phenoxy) is 1. The molecule has 1 aliphatic rings. The van der Waals surface area contributed by atoms with E-state index in [2.05, 4.69) is 30.0 Å². The van der Waals surface area contributed by atoms with Crippen molar-refractivity contribution in [2.75, 3.05) is 16.3 Å². The van der Waals surface area contributed by atoms with Gasteiger partial charge in [-0.2, -0.15) is 20.3 Å². The van der Waals surface area contributed by atoms with Crippen LogP contribution in [-0.2, 0) is 24.3 Å². The maximum absolute atomic E-state index is 13.0. The molecule has 0 radical (unpaired) electrons. The normalized spacial score (nSPS) is 15.7. The van der Waals surface area contributed by atoms with Crippen LogP contribution in [0, 0.1) is 6.92 Å². The van der Waals surface area contributed by atoms with E-state index in [-0.39, 0.29) is 28.8 Å². The molecule has 1 aliphatic heterocycles. The summed E-state index contributed by atoms with van der Waals surface area (Å²) in [6, 6.07) is 14.4. The molecule has 1 atom stereocenters. The smallest absolute Gasteiger partial charge is 0.357 e. The third-order valence-electron chi connectivity index (χ3n) is 4.85. The number of benzene rings is 2. The van der Waals surface area contributed by atoms with Crippen molar-refractivity contribution >= 4 is 44.9 Å². The van der Waals surface area contributed by atoms with Gasteiger partial charge in [0.1, 0.15) is 0 Å². The lowest BCUT2D eigenvalue weighted by Gasteiger charge is -2.11. The quantitative estimate of drug-likeness (QED) is 0.363. The zero-order chi connectivity index (χ0) is 25.7. The van der Waals surface area contributed by atoms with Crippen LogP contribution in [0.1, 0.15) is 12.6 Å². The molecule has 0 spiro atoms. The summed E-state index contributed by atoms with van der Waals surface area (Å²) in [5.74, 6) is -1.40. The van der Waals surface area contributed by atoms with Gasteiger partial charge in [-0.25, -0.2) is 27.9 Å². The van der Waals surface area contributed by atoms with Crippen molar-refractivity contribution in [1.82, 2.24) is 9.97 Å². The molecule has 13 heteroatoms. The van der Waals surface area contributed by atoms with E-state index in [4.69, 9.17) is 4.74 Å². The van der Waals surface area contributed by atoms with Crippen molar-refractivity contribution in [3.05, 3.63) is 72.6 Å². The summed E-state index contributed by atoms with van der Waals surface area (Å²) < 4.78 is 32.6. The largest absolute Gasteiger partial charge is 0.461 e. The highest BCUT2D eigenvalue weighted by atomic mass is 32.2. The van der Waals surface area contributed by atoms with Crippen molar-refractivity contribution in [2.45, 2.75) is 24.8 Å². The van der Waals surface area contributed by atoms with E-state index in [9.17, 15) is 18.0 Å². The third kappa shape index (κ3) is 5.41. The monoisotopic (exact) mass is 507 g/mol. The number of nitrogens with one attached hydrogen (secondary N) is 1. The van der Waals surface area contributed by atoms with Crippen LogP contribution in [0.5, 0.6) is 0 Å². The molecule has 36 heavy (non-hydrogen) atoms. The van der Waals surface area contributed by atoms with Gasteiger partial charge in [0.2, 0.25) is 12.0 Å². The Bertz CT molecular complexity index is 1440. The fourth-order valence-corrected chi connectivity index (χ4v) is 4.10. The summed E-state index contributed by atoms with van der Waals surface area (Å²) in [5.41, 5.74) is 1.13. The van der Waals surface area contributed by atoms with E-state index in [0.29, 0.717) is 11.4 Å². The first-order valence-corrected chi connectivity index (χ1v) is 12.2. The molecule has 0 bridgehead atoms. The Hall–Kier alpha value is -4.52. The average molecular weight is 508 g/mol. The van der Waals surface area contributed by atoms with Crippen LogP contribution >= 0.6 is 0 Å². The van der Waals surface area contributed by atoms with Gasteiger partial charge in [-0.15, -0.1) is 0 Å². The number of amides is 1. The van der Waals surface area contributed by atoms with Gasteiger partial charge in [-0.05, 0) is 56.3 Å². The number of carbonyl (C=O) groups is 2. The standard InChI is InChI=1S/C23H21N7O5S/c1-3-35-22(32)20-19(21(31)30(28-20)17-7-5-4-6-8-17)27-26-16-9-11-18(12-10-16)36(33,34)29-23-24-14-13-15(2)25-23/h4-14,19H,3H2,1-2H3,(H,24,25,29). The van der Waals surface area contributed by atoms with Crippen molar-refractivity contribution in [1.29, 1.82) is 0 Å². The Kier molecular flexibility index (Phi) is 7.10. The van der Waals surface area contributed by atoms with Gasteiger partial charge in [-0.3, -0.25) is 4.79 Å². The first-order valence-electron chi connectivity index (χ1n) is 10.8. The number of carbonyl (C=O) groups excluding carboxylic acids is 2. The highest BCUT2D eigenvalue weighted by Gasteiger charge is 2.41. The molecule has 4 rings (SSSR count). The first kappa shape index (κ1) is 24.6. The highest BCUT2D eigenvalue weighted by Crippen LogP contribution is 2.24. The van der Waals surface area contributed by atoms with Crippen LogP contribution in [0.2, 0.25) is 0 Å². The lowest BCUT2D eigenvalue weighted by Crippen LogP contribution is -2.33. The molecule has 0 aliphatic carbocycles. The Morgan fingerprint density at radius 3 is 2.50 bits per heavy atom. The maximum Gasteiger partial charge on any atom is 0.357 e. The van der Waals surface area contributed by atoms with Gasteiger partial charge < -0.3 is 4.74 Å². The first-order chi connectivity index (χ1) is 17.3. The van der Waals surface area contributed by atoms with E-state index in [1.54, 1.807) is 50.2 Å². The molecule has 1 N–H and O–H groups in total. The van der Waals surface area contributed by atoms with Gasteiger partial charge in [0.25, 0.3) is 15.9 Å². The molecule has 0 fully saturated rings. The lowest BCUT2D eigenvalue weighted by atomic mass is 10.2. The van der Waals surface area contributed by atoms with Gasteiger partial charge in [0.15, 0.2) is 5.71 Å². The predicted octanol–water partition coefficient (Wildman–Crippen LogP) is 3.00. The van der Waals surface area contributed by atoms with Crippen molar-refractivity contribution in [3.8, 4) is 0 Å². The molecule has 1 amide bonds. The van der Waals surface area contributed by atoms with Gasteiger partial charge >= 0.3 is 5.97 Å². The zero-order valence-corrected chi connectivity index (χ0v) is 20.1. The number of azo groups is 1. The summed E-state index contributed by atoms with van der Waals surface area (Å²) >= 11 is 0. The van der Waals surface area contributed by atoms with Crippen LogP contribution in [0.3, 0.4) is 0 Å². The number of aromatic nitrogens is 2. The number of anilines is 2. The average Bonchev–Trinajstić information content (AvgIpc) is 3.19. The molecule has 2 heterocycles. The van der Waals surface area contributed by atoms with E-state index in [1.165, 1.54) is 30.5 Å². The number of hydrogen-bond donors (Lipinski definition) is 1. The minimum Gasteiger partial charge on any atom is -0.461 e. The van der Waals surface area contributed by atoms with Crippen LogP contribution < -0.4 is 9.73 Å². The molecule has 0 saturated carbocycles. The molecule has 2 aromatic carbocycles. The minimum atomic E-state index is -3.94. The van der Waals surface area contributed by atoms with Crippen molar-refractivity contribution in [2.24, 2.45) is 15.3 Å². The Balaban J connectivity index is 1.54. The molecule has 184 valence electrons. The Morgan fingerprint density at radius 2 is 1.83 bits per heavy atom. The molecule has 1 aromatic heterocycles. The number of aryl methyl sites for hydroxylation is 1. The fourth-order valence-electron chi connectivity index (χ4n) is 3.15. The van der Waals surface area contributed by atoms with E-state index in [0.717, 1.165) is 5.01 Å². The van der Waals surface area contributed by atoms with Crippen molar-refractivity contribution < 1.29 is 22.7 Å². The lowest BCUT2D eigenvalue weighted by molar-refractivity contribution is -0.135. The number of hydrazone groups is 1. The van der Waals surface area contributed by atoms with Crippen LogP contribution in [0.15, 0.2) is 87.1 Å². The summed E-state index contributed by atoms with van der Waals surface area (Å²) in [6.45, 7) is 3.45. The molecule has 0 saturated heterocycles. The van der Waals surface area contributed by atoms with Gasteiger partial charge in [0.05, 0.1) is 22.9 Å². The number of nitrogens with zero attached hydrogens (tertiary/aromatic N) is 6. The van der Waals surface area contributed by atoms with E-state index in [1.807, 2.05) is 0 Å². The number of esters is 1. The van der Waals surface area contributed by atoms with Crippen LogP contribution in [0.4, 0.5) is 17.3 Å². The number of para-hydroxylation sites is 1. The number of sulfonamides is 1. The van der Waals surface area contributed by atoms with E-state index >= 15 is 0 Å². The second-order valence-corrected chi connectivity index (χ2v) is 9.11. The van der Waals surface area contributed by atoms with Crippen LogP contribution in [-0.4, -0.2) is 48.6 Å². The van der Waals surface area contributed by atoms with E-state index < -0.39 is 27.9 Å². The number of hydrogen-bond acceptors (Lipinski definition) is 10. The molecule has 12 nitrogen and oxygen atoms in total. The maximum atomic E-state index is 13.0. The molecule has 3 aromatic rings. The summed E-state index contributed by atoms with van der Waals surface area (Å²) in [7, 11) is -3.94. The summed E-state index contributed by atoms with van der Waals surface area (Å²) in [6.07, 6.45) is 1.45. The second kappa shape index (κ2) is 10.4. The van der Waals surface area contributed by atoms with Gasteiger partial charge in [0, 0.05) is 11.9 Å². The topological polar surface area (TPSA) is 156 Å². The fraction of sp³-hybridized carbons (Fsp3) is 0.174. The van der Waals surface area contributed by atoms with Crippen LogP contribution in [0.25, 0.3) is 0 Å². The Labute approximate surface area is 206 Å². The second-order valence-electron chi connectivity index (χ2n) is 7.43. The SMILES string of the molecule is CCOC(=O)C1=NN(c2ccccc2)C(=O)C1N=Nc1ccc(S(=O)(=O)Nc2nccc(C)n2)cc1. The number of rotatable bonds is 8. The third-order valence-corrected chi connectivity index (χ3v) is 6.19. The molecular formula is C23H21N7O5S. The zero-order valence-electron chi connectivity index (χ0n) is 19.3. The van der Waals surface area contributed by atoms with Gasteiger partial charge in [-0.1, -0.05) is 18.2 Å². The Morgan fingerprint density at radius 1 is 1.11 bits per heavy atom.